The summed E-state index contributed by atoms with van der Waals surface area (Å²) in [4.78, 5) is 12.5. The van der Waals surface area contributed by atoms with Crippen LogP contribution in [0.3, 0.4) is 0 Å². The largest absolute Gasteiger partial charge is 0.461 e. The molecule has 0 spiro atoms. The predicted octanol–water partition coefficient (Wildman–Crippen LogP) is 3.54. The van der Waals surface area contributed by atoms with Gasteiger partial charge in [-0.2, -0.15) is 0 Å². The minimum absolute atomic E-state index is 0.0837. The molecule has 0 amide bonds. The molecule has 0 aliphatic heterocycles. The van der Waals surface area contributed by atoms with Crippen LogP contribution in [0.4, 0.5) is 5.69 Å². The summed E-state index contributed by atoms with van der Waals surface area (Å²) in [7, 11) is -3.35. The Morgan fingerprint density at radius 3 is 2.52 bits per heavy atom. The molecule has 0 aliphatic rings. The van der Waals surface area contributed by atoms with Crippen molar-refractivity contribution >= 4 is 33.3 Å². The number of aromatic nitrogens is 3. The van der Waals surface area contributed by atoms with E-state index in [1.807, 2.05) is 10.6 Å². The first-order valence-corrected chi connectivity index (χ1v) is 11.8. The van der Waals surface area contributed by atoms with Crippen molar-refractivity contribution in [1.82, 2.24) is 14.8 Å². The normalized spacial score (nSPS) is 11.7. The zero-order chi connectivity index (χ0) is 21.0. The van der Waals surface area contributed by atoms with Crippen molar-refractivity contribution in [3.63, 3.8) is 0 Å². The number of ketones is 1. The summed E-state index contributed by atoms with van der Waals surface area (Å²) in [6.07, 6.45) is 2.66. The first-order valence-electron chi connectivity index (χ1n) is 8.94. The monoisotopic (exact) mass is 434 g/mol. The lowest BCUT2D eigenvalue weighted by Gasteiger charge is -2.11. The van der Waals surface area contributed by atoms with Crippen molar-refractivity contribution in [1.29, 1.82) is 0 Å². The Kier molecular flexibility index (Phi) is 6.43. The Balaban J connectivity index is 1.71. The van der Waals surface area contributed by atoms with E-state index in [4.69, 9.17) is 4.42 Å². The quantitative estimate of drug-likeness (QED) is 0.405. The summed E-state index contributed by atoms with van der Waals surface area (Å²) in [5, 5.41) is 9.11. The van der Waals surface area contributed by atoms with E-state index in [2.05, 4.69) is 28.8 Å². The Labute approximate surface area is 173 Å². The third-order valence-electron chi connectivity index (χ3n) is 3.85. The SMILES string of the molecule is CC(C)Cn1c(SCC(=O)c2ccc(NS(C)(=O)=O)cc2)nnc1-c1ccco1. The summed E-state index contributed by atoms with van der Waals surface area (Å²) >= 11 is 1.31. The standard InChI is InChI=1S/C19H22N4O4S2/c1-13(2)11-23-18(17-5-4-10-27-17)20-21-19(23)28-12-16(24)14-6-8-15(9-7-14)22-29(3,25)26/h4-10,13,22H,11-12H2,1-3H3. The highest BCUT2D eigenvalue weighted by Crippen LogP contribution is 2.26. The number of nitrogens with one attached hydrogen (secondary N) is 1. The number of hydrogen-bond donors (Lipinski definition) is 1. The number of carbonyl (C=O) groups excluding carboxylic acids is 1. The first kappa shape index (κ1) is 21.1. The number of nitrogens with zero attached hydrogens (tertiary/aromatic N) is 3. The molecule has 0 saturated heterocycles. The van der Waals surface area contributed by atoms with Gasteiger partial charge in [-0.05, 0) is 42.3 Å². The van der Waals surface area contributed by atoms with Crippen LogP contribution >= 0.6 is 11.8 Å². The van der Waals surface area contributed by atoms with Gasteiger partial charge in [-0.25, -0.2) is 8.42 Å². The van der Waals surface area contributed by atoms with E-state index in [1.54, 1.807) is 36.6 Å². The summed E-state index contributed by atoms with van der Waals surface area (Å²) in [6.45, 7) is 4.89. The Hall–Kier alpha value is -2.59. The van der Waals surface area contributed by atoms with Crippen molar-refractivity contribution in [2.45, 2.75) is 25.5 Å². The Bertz CT molecular complexity index is 1070. The minimum atomic E-state index is -3.35. The van der Waals surface area contributed by atoms with Crippen molar-refractivity contribution < 1.29 is 17.6 Å². The number of Topliss-reactive ketones (excluding diaryl/α,β-unsaturated/α-hetero) is 1. The highest BCUT2D eigenvalue weighted by atomic mass is 32.2. The molecule has 0 unspecified atom stereocenters. The van der Waals surface area contributed by atoms with Gasteiger partial charge in [0.2, 0.25) is 10.0 Å². The molecule has 10 heteroatoms. The molecule has 0 saturated carbocycles. The van der Waals surface area contributed by atoms with Crippen LogP contribution in [0, 0.1) is 5.92 Å². The molecular formula is C19H22N4O4S2. The molecule has 3 rings (SSSR count). The number of furan rings is 1. The van der Waals surface area contributed by atoms with Gasteiger partial charge in [0, 0.05) is 17.8 Å². The first-order chi connectivity index (χ1) is 13.7. The van der Waals surface area contributed by atoms with Crippen LogP contribution in [-0.4, -0.2) is 41.0 Å². The maximum atomic E-state index is 12.5. The van der Waals surface area contributed by atoms with E-state index in [0.29, 0.717) is 40.5 Å². The van der Waals surface area contributed by atoms with Gasteiger partial charge in [0.25, 0.3) is 0 Å². The molecule has 1 N–H and O–H groups in total. The molecule has 0 bridgehead atoms. The van der Waals surface area contributed by atoms with Crippen LogP contribution in [0.2, 0.25) is 0 Å². The summed E-state index contributed by atoms with van der Waals surface area (Å²) in [6, 6.07) is 9.95. The molecule has 0 aliphatic carbocycles. The maximum Gasteiger partial charge on any atom is 0.229 e. The molecule has 3 aromatic rings. The topological polar surface area (TPSA) is 107 Å². The molecule has 0 fully saturated rings. The highest BCUT2D eigenvalue weighted by Gasteiger charge is 2.18. The lowest BCUT2D eigenvalue weighted by atomic mass is 10.1. The van der Waals surface area contributed by atoms with Gasteiger partial charge in [-0.3, -0.25) is 14.1 Å². The van der Waals surface area contributed by atoms with Gasteiger partial charge in [0.05, 0.1) is 18.3 Å². The van der Waals surface area contributed by atoms with Crippen LogP contribution < -0.4 is 4.72 Å². The molecular weight excluding hydrogens is 412 g/mol. The fourth-order valence-corrected chi connectivity index (χ4v) is 4.07. The molecule has 8 nitrogen and oxygen atoms in total. The van der Waals surface area contributed by atoms with E-state index >= 15 is 0 Å². The summed E-state index contributed by atoms with van der Waals surface area (Å²) < 4.78 is 32.3. The van der Waals surface area contributed by atoms with Crippen LogP contribution in [0.1, 0.15) is 24.2 Å². The summed E-state index contributed by atoms with van der Waals surface area (Å²) in [5.41, 5.74) is 0.911. The molecule has 154 valence electrons. The van der Waals surface area contributed by atoms with Crippen LogP contribution in [0.15, 0.2) is 52.2 Å². The lowest BCUT2D eigenvalue weighted by molar-refractivity contribution is 0.102. The second-order valence-electron chi connectivity index (χ2n) is 6.95. The van der Waals surface area contributed by atoms with Crippen molar-refractivity contribution in [3.05, 3.63) is 48.2 Å². The van der Waals surface area contributed by atoms with Gasteiger partial charge in [0.1, 0.15) is 0 Å². The highest BCUT2D eigenvalue weighted by molar-refractivity contribution is 7.99. The van der Waals surface area contributed by atoms with Crippen LogP contribution in [0.25, 0.3) is 11.6 Å². The zero-order valence-electron chi connectivity index (χ0n) is 16.3. The summed E-state index contributed by atoms with van der Waals surface area (Å²) in [5.74, 6) is 1.73. The average molecular weight is 435 g/mol. The number of sulfonamides is 1. The smallest absolute Gasteiger partial charge is 0.229 e. The lowest BCUT2D eigenvalue weighted by Crippen LogP contribution is -2.10. The van der Waals surface area contributed by atoms with E-state index in [0.717, 1.165) is 6.26 Å². The Morgan fingerprint density at radius 1 is 1.21 bits per heavy atom. The number of rotatable bonds is 9. The molecule has 0 atom stereocenters. The molecule has 1 aromatic carbocycles. The molecule has 2 heterocycles. The minimum Gasteiger partial charge on any atom is -0.461 e. The van der Waals surface area contributed by atoms with Gasteiger partial charge in [-0.15, -0.1) is 10.2 Å². The number of carbonyl (C=O) groups is 1. The molecule has 0 radical (unpaired) electrons. The van der Waals surface area contributed by atoms with Crippen LogP contribution in [0.5, 0.6) is 0 Å². The third-order valence-corrected chi connectivity index (χ3v) is 5.42. The van der Waals surface area contributed by atoms with Gasteiger partial charge >= 0.3 is 0 Å². The van der Waals surface area contributed by atoms with E-state index < -0.39 is 10.0 Å². The van der Waals surface area contributed by atoms with E-state index in [-0.39, 0.29) is 11.5 Å². The van der Waals surface area contributed by atoms with Crippen molar-refractivity contribution in [3.8, 4) is 11.6 Å². The van der Waals surface area contributed by atoms with Gasteiger partial charge in [-0.1, -0.05) is 25.6 Å². The molecule has 29 heavy (non-hydrogen) atoms. The second-order valence-corrected chi connectivity index (χ2v) is 9.64. The fourth-order valence-electron chi connectivity index (χ4n) is 2.66. The maximum absolute atomic E-state index is 12.5. The zero-order valence-corrected chi connectivity index (χ0v) is 18.0. The van der Waals surface area contributed by atoms with Crippen molar-refractivity contribution in [2.75, 3.05) is 16.7 Å². The van der Waals surface area contributed by atoms with Gasteiger partial charge in [0.15, 0.2) is 22.5 Å². The predicted molar refractivity (Wildman–Crippen MR) is 113 cm³/mol. The fraction of sp³-hybridized carbons (Fsp3) is 0.316. The molecule has 2 aromatic heterocycles. The Morgan fingerprint density at radius 2 is 1.93 bits per heavy atom. The number of benzene rings is 1. The number of anilines is 1. The second kappa shape index (κ2) is 8.83. The van der Waals surface area contributed by atoms with Gasteiger partial charge < -0.3 is 4.42 Å². The van der Waals surface area contributed by atoms with Crippen molar-refractivity contribution in [2.24, 2.45) is 5.92 Å². The number of thioether (sulfide) groups is 1. The van der Waals surface area contributed by atoms with E-state index in [9.17, 15) is 13.2 Å². The average Bonchev–Trinajstić information content (AvgIpc) is 3.28. The van der Waals surface area contributed by atoms with E-state index in [1.165, 1.54) is 11.8 Å². The van der Waals surface area contributed by atoms with Crippen LogP contribution in [-0.2, 0) is 16.6 Å². The third kappa shape index (κ3) is 5.70. The number of hydrogen-bond acceptors (Lipinski definition) is 7.